The molecular weight excluding hydrogens is 185 g/mol. The summed E-state index contributed by atoms with van der Waals surface area (Å²) in [5, 5.41) is 7.51. The first-order chi connectivity index (χ1) is 4.33. The van der Waals surface area contributed by atoms with Crippen molar-refractivity contribution in [2.45, 2.75) is 13.5 Å². The number of hydrogen-bond donors (Lipinski definition) is 1. The van der Waals surface area contributed by atoms with Crippen molar-refractivity contribution < 1.29 is 0 Å². The molecule has 11 heavy (non-hydrogen) atoms. The lowest BCUT2D eigenvalue weighted by Gasteiger charge is -1.92. The molecule has 1 aromatic heterocycles. The van der Waals surface area contributed by atoms with Crippen molar-refractivity contribution in [1.29, 1.82) is 0 Å². The minimum atomic E-state index is 0. The lowest BCUT2D eigenvalue weighted by atomic mass is 10.3. The number of hydrogen-bond acceptors (Lipinski definition) is 3. The van der Waals surface area contributed by atoms with Crippen molar-refractivity contribution >= 4 is 24.8 Å². The smallest absolute Gasteiger partial charge is 0.0769 e. The summed E-state index contributed by atoms with van der Waals surface area (Å²) in [7, 11) is 0. The molecule has 1 aromatic rings. The third-order valence-electron chi connectivity index (χ3n) is 1.05. The lowest BCUT2D eigenvalue weighted by Crippen LogP contribution is -2.00. The van der Waals surface area contributed by atoms with Crippen LogP contribution in [-0.4, -0.2) is 10.2 Å². The summed E-state index contributed by atoms with van der Waals surface area (Å²) in [6.07, 6.45) is 1.71. The highest BCUT2D eigenvalue weighted by atomic mass is 35.5. The molecule has 0 fully saturated rings. The van der Waals surface area contributed by atoms with E-state index in [0.29, 0.717) is 6.54 Å². The average molecular weight is 196 g/mol. The van der Waals surface area contributed by atoms with Gasteiger partial charge < -0.3 is 5.73 Å². The Morgan fingerprint density at radius 2 is 2.09 bits per heavy atom. The van der Waals surface area contributed by atoms with Gasteiger partial charge in [0.25, 0.3) is 0 Å². The van der Waals surface area contributed by atoms with Crippen LogP contribution in [0.2, 0.25) is 0 Å². The van der Waals surface area contributed by atoms with Crippen LogP contribution in [0.15, 0.2) is 12.3 Å². The maximum Gasteiger partial charge on any atom is 0.0769 e. The van der Waals surface area contributed by atoms with Gasteiger partial charge in [0, 0.05) is 6.54 Å². The largest absolute Gasteiger partial charge is 0.325 e. The normalized spacial score (nSPS) is 7.82. The summed E-state index contributed by atoms with van der Waals surface area (Å²) >= 11 is 0. The molecule has 64 valence electrons. The van der Waals surface area contributed by atoms with Crippen LogP contribution in [0, 0.1) is 6.92 Å². The monoisotopic (exact) mass is 195 g/mol. The van der Waals surface area contributed by atoms with E-state index >= 15 is 0 Å². The van der Waals surface area contributed by atoms with E-state index in [1.807, 2.05) is 13.0 Å². The molecule has 0 aliphatic rings. The van der Waals surface area contributed by atoms with Crippen LogP contribution in [0.1, 0.15) is 11.3 Å². The molecule has 0 saturated heterocycles. The van der Waals surface area contributed by atoms with Gasteiger partial charge in [-0.25, -0.2) is 0 Å². The first-order valence-corrected chi connectivity index (χ1v) is 2.81. The van der Waals surface area contributed by atoms with E-state index in [0.717, 1.165) is 11.3 Å². The minimum Gasteiger partial charge on any atom is -0.325 e. The molecule has 0 saturated carbocycles. The number of halogens is 2. The molecule has 0 bridgehead atoms. The van der Waals surface area contributed by atoms with Gasteiger partial charge in [0.1, 0.15) is 0 Å². The Bertz CT molecular complexity index is 205. The molecule has 2 N–H and O–H groups in total. The third kappa shape index (κ3) is 4.14. The highest BCUT2D eigenvalue weighted by molar-refractivity contribution is 5.85. The molecule has 0 unspecified atom stereocenters. The molecule has 0 aromatic carbocycles. The molecule has 0 spiro atoms. The van der Waals surface area contributed by atoms with Crippen molar-refractivity contribution in [3.8, 4) is 0 Å². The van der Waals surface area contributed by atoms with E-state index in [2.05, 4.69) is 10.2 Å². The number of nitrogens with zero attached hydrogens (tertiary/aromatic N) is 2. The fraction of sp³-hybridized carbons (Fsp3) is 0.333. The molecule has 0 aliphatic heterocycles. The summed E-state index contributed by atoms with van der Waals surface area (Å²) in [5.74, 6) is 0. The van der Waals surface area contributed by atoms with E-state index < -0.39 is 0 Å². The molecule has 0 atom stereocenters. The van der Waals surface area contributed by atoms with Crippen LogP contribution in [-0.2, 0) is 6.54 Å². The fourth-order valence-corrected chi connectivity index (χ4v) is 0.623. The number of nitrogens with two attached hydrogens (primary N) is 1. The quantitative estimate of drug-likeness (QED) is 0.731. The molecule has 3 nitrogen and oxygen atoms in total. The second kappa shape index (κ2) is 6.34. The minimum absolute atomic E-state index is 0. The Labute approximate surface area is 78.2 Å². The lowest BCUT2D eigenvalue weighted by molar-refractivity contribution is 0.889. The van der Waals surface area contributed by atoms with E-state index in [1.165, 1.54) is 0 Å². The zero-order chi connectivity index (χ0) is 6.69. The van der Waals surface area contributed by atoms with Crippen molar-refractivity contribution in [3.63, 3.8) is 0 Å². The van der Waals surface area contributed by atoms with Crippen molar-refractivity contribution in [2.75, 3.05) is 0 Å². The molecule has 1 rings (SSSR count). The standard InChI is InChI=1S/C6H9N3.2ClH/c1-5-2-6(3-7)9-8-4-5;;/h2,4H,3,7H2,1H3;2*1H. The number of rotatable bonds is 1. The average Bonchev–Trinajstić information content (AvgIpc) is 1.88. The first-order valence-electron chi connectivity index (χ1n) is 2.81. The van der Waals surface area contributed by atoms with Crippen LogP contribution >= 0.6 is 24.8 Å². The van der Waals surface area contributed by atoms with E-state index in [9.17, 15) is 0 Å². The maximum atomic E-state index is 5.32. The van der Waals surface area contributed by atoms with Gasteiger partial charge in [0.05, 0.1) is 11.9 Å². The van der Waals surface area contributed by atoms with Gasteiger partial charge in [-0.3, -0.25) is 0 Å². The predicted molar refractivity (Wildman–Crippen MR) is 49.2 cm³/mol. The van der Waals surface area contributed by atoms with Gasteiger partial charge in [-0.15, -0.1) is 24.8 Å². The number of aryl methyl sites for hydroxylation is 1. The van der Waals surface area contributed by atoms with Gasteiger partial charge in [0.2, 0.25) is 0 Å². The molecule has 0 radical (unpaired) electrons. The van der Waals surface area contributed by atoms with Crippen LogP contribution in [0.25, 0.3) is 0 Å². The maximum absolute atomic E-state index is 5.32. The highest BCUT2D eigenvalue weighted by Crippen LogP contribution is 1.94. The Morgan fingerprint density at radius 1 is 1.45 bits per heavy atom. The first kappa shape index (κ1) is 13.2. The molecular formula is C6H11Cl2N3. The zero-order valence-electron chi connectivity index (χ0n) is 6.15. The van der Waals surface area contributed by atoms with Crippen molar-refractivity contribution in [1.82, 2.24) is 10.2 Å². The fourth-order valence-electron chi connectivity index (χ4n) is 0.623. The summed E-state index contributed by atoms with van der Waals surface area (Å²) in [4.78, 5) is 0. The molecule has 1 heterocycles. The second-order valence-corrected chi connectivity index (χ2v) is 1.93. The zero-order valence-corrected chi connectivity index (χ0v) is 7.78. The van der Waals surface area contributed by atoms with Crippen LogP contribution in [0.4, 0.5) is 0 Å². The second-order valence-electron chi connectivity index (χ2n) is 1.93. The van der Waals surface area contributed by atoms with Crippen molar-refractivity contribution in [2.24, 2.45) is 5.73 Å². The molecule has 0 aliphatic carbocycles. The highest BCUT2D eigenvalue weighted by Gasteiger charge is 1.89. The van der Waals surface area contributed by atoms with Crippen LogP contribution < -0.4 is 5.73 Å². The SMILES string of the molecule is Cc1cnnc(CN)c1.Cl.Cl. The van der Waals surface area contributed by atoms with Crippen molar-refractivity contribution in [3.05, 3.63) is 23.5 Å². The summed E-state index contributed by atoms with van der Waals surface area (Å²) < 4.78 is 0. The Balaban J connectivity index is 0. The summed E-state index contributed by atoms with van der Waals surface area (Å²) in [6.45, 7) is 2.43. The van der Waals surface area contributed by atoms with E-state index in [-0.39, 0.29) is 24.8 Å². The predicted octanol–water partition coefficient (Wildman–Crippen LogP) is 1.09. The summed E-state index contributed by atoms with van der Waals surface area (Å²) in [6, 6.07) is 1.92. The Kier molecular flexibility index (Phi) is 7.62. The van der Waals surface area contributed by atoms with E-state index in [4.69, 9.17) is 5.73 Å². The molecule has 0 amide bonds. The van der Waals surface area contributed by atoms with E-state index in [1.54, 1.807) is 6.20 Å². The number of aromatic nitrogens is 2. The Hall–Kier alpha value is -0.380. The van der Waals surface area contributed by atoms with Crippen LogP contribution in [0.3, 0.4) is 0 Å². The van der Waals surface area contributed by atoms with Crippen LogP contribution in [0.5, 0.6) is 0 Å². The molecule has 5 heteroatoms. The van der Waals surface area contributed by atoms with Gasteiger partial charge >= 0.3 is 0 Å². The van der Waals surface area contributed by atoms with Gasteiger partial charge in [0.15, 0.2) is 0 Å². The van der Waals surface area contributed by atoms with Gasteiger partial charge in [-0.05, 0) is 18.6 Å². The van der Waals surface area contributed by atoms with Gasteiger partial charge in [-0.2, -0.15) is 10.2 Å². The topological polar surface area (TPSA) is 51.8 Å². The van der Waals surface area contributed by atoms with Gasteiger partial charge in [-0.1, -0.05) is 0 Å². The third-order valence-corrected chi connectivity index (χ3v) is 1.05. The summed E-state index contributed by atoms with van der Waals surface area (Å²) in [5.41, 5.74) is 7.26. The Morgan fingerprint density at radius 3 is 2.45 bits per heavy atom.